The third-order valence-electron chi connectivity index (χ3n) is 3.16. The fourth-order valence-electron chi connectivity index (χ4n) is 1.97. The van der Waals surface area contributed by atoms with Gasteiger partial charge < -0.3 is 4.74 Å². The second-order valence-corrected chi connectivity index (χ2v) is 5.15. The van der Waals surface area contributed by atoms with Crippen LogP contribution in [0.15, 0.2) is 48.5 Å². The third kappa shape index (κ3) is 4.85. The number of carbonyl (C=O) groups is 2. The molecule has 0 atom stereocenters. The highest BCUT2D eigenvalue weighted by atomic mass is 16.5. The number of hydrazine groups is 1. The monoisotopic (exact) mass is 312 g/mol. The summed E-state index contributed by atoms with van der Waals surface area (Å²) in [6.45, 7) is 4.56. The molecule has 2 rings (SSSR count). The summed E-state index contributed by atoms with van der Waals surface area (Å²) in [7, 11) is 0. The molecule has 5 heteroatoms. The molecule has 0 bridgehead atoms. The smallest absolute Gasteiger partial charge is 0.269 e. The molecule has 2 amide bonds. The standard InChI is InChI=1S/C18H20N2O3/c1-3-11-23-16-9-7-14(8-10-16)17(21)19-20-18(22)15-6-4-5-13(2)12-15/h4-10,12H,3,11H2,1-2H3,(H,19,21)(H,20,22). The maximum atomic E-state index is 12.0. The van der Waals surface area contributed by atoms with Crippen molar-refractivity contribution < 1.29 is 14.3 Å². The fraction of sp³-hybridized carbons (Fsp3) is 0.222. The number of nitrogens with one attached hydrogen (secondary N) is 2. The minimum absolute atomic E-state index is 0.357. The quantitative estimate of drug-likeness (QED) is 0.834. The molecule has 0 spiro atoms. The minimum atomic E-state index is -0.381. The first kappa shape index (κ1) is 16.5. The maximum Gasteiger partial charge on any atom is 0.269 e. The van der Waals surface area contributed by atoms with Crippen molar-refractivity contribution in [1.82, 2.24) is 10.9 Å². The second kappa shape index (κ2) is 7.98. The van der Waals surface area contributed by atoms with E-state index in [-0.39, 0.29) is 11.8 Å². The van der Waals surface area contributed by atoms with Crippen LogP contribution >= 0.6 is 0 Å². The first-order valence-corrected chi connectivity index (χ1v) is 7.50. The molecule has 2 aromatic carbocycles. The van der Waals surface area contributed by atoms with E-state index in [0.717, 1.165) is 12.0 Å². The normalized spacial score (nSPS) is 10.0. The first-order chi connectivity index (χ1) is 11.1. The number of aryl methyl sites for hydroxylation is 1. The summed E-state index contributed by atoms with van der Waals surface area (Å²) in [5.74, 6) is -0.0230. The summed E-state index contributed by atoms with van der Waals surface area (Å²) in [6, 6.07) is 13.9. The summed E-state index contributed by atoms with van der Waals surface area (Å²) >= 11 is 0. The van der Waals surface area contributed by atoms with Crippen LogP contribution in [0.2, 0.25) is 0 Å². The van der Waals surface area contributed by atoms with Gasteiger partial charge in [-0.1, -0.05) is 24.6 Å². The molecule has 0 radical (unpaired) electrons. The molecule has 120 valence electrons. The van der Waals surface area contributed by atoms with E-state index < -0.39 is 0 Å². The van der Waals surface area contributed by atoms with Crippen molar-refractivity contribution in [2.45, 2.75) is 20.3 Å². The number of carbonyl (C=O) groups excluding carboxylic acids is 2. The lowest BCUT2D eigenvalue weighted by atomic mass is 10.1. The van der Waals surface area contributed by atoms with E-state index in [0.29, 0.717) is 23.5 Å². The molecule has 0 heterocycles. The Kier molecular flexibility index (Phi) is 5.74. The highest BCUT2D eigenvalue weighted by molar-refractivity contribution is 5.99. The summed E-state index contributed by atoms with van der Waals surface area (Å²) in [5.41, 5.74) is 6.72. The van der Waals surface area contributed by atoms with Gasteiger partial charge in [0.05, 0.1) is 6.61 Å². The molecule has 2 N–H and O–H groups in total. The van der Waals surface area contributed by atoms with E-state index in [1.165, 1.54) is 0 Å². The van der Waals surface area contributed by atoms with Crippen molar-refractivity contribution >= 4 is 11.8 Å². The molecule has 0 saturated heterocycles. The zero-order valence-electron chi connectivity index (χ0n) is 13.3. The summed E-state index contributed by atoms with van der Waals surface area (Å²) < 4.78 is 5.46. The number of ether oxygens (including phenoxy) is 1. The van der Waals surface area contributed by atoms with Crippen molar-refractivity contribution in [3.05, 3.63) is 65.2 Å². The molecule has 0 saturated carbocycles. The average Bonchev–Trinajstić information content (AvgIpc) is 2.58. The Morgan fingerprint density at radius 3 is 2.22 bits per heavy atom. The van der Waals surface area contributed by atoms with Gasteiger partial charge in [-0.15, -0.1) is 0 Å². The number of rotatable bonds is 5. The van der Waals surface area contributed by atoms with Gasteiger partial charge in [0.1, 0.15) is 5.75 Å². The molecule has 0 aliphatic heterocycles. The molecule has 0 aromatic heterocycles. The van der Waals surface area contributed by atoms with Crippen molar-refractivity contribution in [3.8, 4) is 5.75 Å². The van der Waals surface area contributed by atoms with E-state index in [2.05, 4.69) is 10.9 Å². The van der Waals surface area contributed by atoms with E-state index in [1.807, 2.05) is 19.9 Å². The highest BCUT2D eigenvalue weighted by Crippen LogP contribution is 2.12. The van der Waals surface area contributed by atoms with Gasteiger partial charge in [0, 0.05) is 11.1 Å². The molecule has 23 heavy (non-hydrogen) atoms. The summed E-state index contributed by atoms with van der Waals surface area (Å²) in [4.78, 5) is 24.0. The van der Waals surface area contributed by atoms with Crippen LogP contribution < -0.4 is 15.6 Å². The van der Waals surface area contributed by atoms with Crippen LogP contribution in [-0.2, 0) is 0 Å². The van der Waals surface area contributed by atoms with Gasteiger partial charge in [-0.3, -0.25) is 20.4 Å². The van der Waals surface area contributed by atoms with Crippen LogP contribution in [0.4, 0.5) is 0 Å². The topological polar surface area (TPSA) is 67.4 Å². The van der Waals surface area contributed by atoms with E-state index in [4.69, 9.17) is 4.74 Å². The first-order valence-electron chi connectivity index (χ1n) is 7.50. The van der Waals surface area contributed by atoms with Gasteiger partial charge in [0.15, 0.2) is 0 Å². The molecule has 0 aliphatic carbocycles. The van der Waals surface area contributed by atoms with Gasteiger partial charge >= 0.3 is 0 Å². The average molecular weight is 312 g/mol. The number of amides is 2. The molecule has 0 fully saturated rings. The van der Waals surface area contributed by atoms with Crippen molar-refractivity contribution in [3.63, 3.8) is 0 Å². The highest BCUT2D eigenvalue weighted by Gasteiger charge is 2.09. The molecule has 2 aromatic rings. The lowest BCUT2D eigenvalue weighted by molar-refractivity contribution is 0.0846. The van der Waals surface area contributed by atoms with Crippen LogP contribution in [0.3, 0.4) is 0 Å². The fourth-order valence-corrected chi connectivity index (χ4v) is 1.97. The van der Waals surface area contributed by atoms with E-state index in [9.17, 15) is 9.59 Å². The Balaban J connectivity index is 1.90. The van der Waals surface area contributed by atoms with E-state index in [1.54, 1.807) is 42.5 Å². The van der Waals surface area contributed by atoms with Crippen LogP contribution in [0.25, 0.3) is 0 Å². The van der Waals surface area contributed by atoms with Crippen LogP contribution in [0.5, 0.6) is 5.75 Å². The van der Waals surface area contributed by atoms with Gasteiger partial charge in [0.25, 0.3) is 11.8 Å². The summed E-state index contributed by atoms with van der Waals surface area (Å²) in [6.07, 6.45) is 0.924. The van der Waals surface area contributed by atoms with Crippen LogP contribution in [0, 0.1) is 6.92 Å². The molecule has 5 nitrogen and oxygen atoms in total. The Bertz CT molecular complexity index is 681. The van der Waals surface area contributed by atoms with E-state index >= 15 is 0 Å². The Hall–Kier alpha value is -2.82. The van der Waals surface area contributed by atoms with Gasteiger partial charge in [-0.2, -0.15) is 0 Å². The summed E-state index contributed by atoms with van der Waals surface area (Å²) in [5, 5.41) is 0. The predicted molar refractivity (Wildman–Crippen MR) is 88.3 cm³/mol. The van der Waals surface area contributed by atoms with Crippen molar-refractivity contribution in [2.24, 2.45) is 0 Å². The number of benzene rings is 2. The SMILES string of the molecule is CCCOc1ccc(C(=O)NNC(=O)c2cccc(C)c2)cc1. The van der Waals surface area contributed by atoms with Crippen LogP contribution in [0.1, 0.15) is 39.6 Å². The second-order valence-electron chi connectivity index (χ2n) is 5.15. The number of hydrogen-bond acceptors (Lipinski definition) is 3. The lowest BCUT2D eigenvalue weighted by Crippen LogP contribution is -2.41. The largest absolute Gasteiger partial charge is 0.494 e. The van der Waals surface area contributed by atoms with Crippen molar-refractivity contribution in [2.75, 3.05) is 6.61 Å². The van der Waals surface area contributed by atoms with Gasteiger partial charge in [-0.05, 0) is 49.7 Å². The van der Waals surface area contributed by atoms with Crippen molar-refractivity contribution in [1.29, 1.82) is 0 Å². The Morgan fingerprint density at radius 1 is 0.957 bits per heavy atom. The molecule has 0 unspecified atom stereocenters. The Morgan fingerprint density at radius 2 is 1.61 bits per heavy atom. The Labute approximate surface area is 135 Å². The van der Waals surface area contributed by atoms with Gasteiger partial charge in [0.2, 0.25) is 0 Å². The zero-order valence-corrected chi connectivity index (χ0v) is 13.3. The molecular formula is C18H20N2O3. The molecule has 0 aliphatic rings. The lowest BCUT2D eigenvalue weighted by Gasteiger charge is -2.09. The van der Waals surface area contributed by atoms with Gasteiger partial charge in [-0.25, -0.2) is 0 Å². The third-order valence-corrected chi connectivity index (χ3v) is 3.16. The maximum absolute atomic E-state index is 12.0. The number of hydrogen-bond donors (Lipinski definition) is 2. The minimum Gasteiger partial charge on any atom is -0.494 e. The predicted octanol–water partition coefficient (Wildman–Crippen LogP) is 2.86. The van der Waals surface area contributed by atoms with Crippen LogP contribution in [-0.4, -0.2) is 18.4 Å². The molecular weight excluding hydrogens is 292 g/mol. The zero-order chi connectivity index (χ0) is 16.7.